The van der Waals surface area contributed by atoms with E-state index in [0.29, 0.717) is 18.0 Å². The Morgan fingerprint density at radius 1 is 1.17 bits per heavy atom. The molecule has 0 saturated heterocycles. The topological polar surface area (TPSA) is 53.1 Å². The van der Waals surface area contributed by atoms with E-state index in [2.05, 4.69) is 0 Å². The Morgan fingerprint density at radius 3 is 2.66 bits per heavy atom. The molecule has 1 unspecified atom stereocenters. The molecule has 0 fully saturated rings. The number of aromatic nitrogens is 2. The summed E-state index contributed by atoms with van der Waals surface area (Å²) in [5, 5.41) is 4.88. The fourth-order valence-electron chi connectivity index (χ4n) is 4.26. The van der Waals surface area contributed by atoms with Gasteiger partial charge in [0.05, 0.1) is 19.3 Å². The molecule has 2 N–H and O–H groups in total. The van der Waals surface area contributed by atoms with E-state index in [4.69, 9.17) is 15.6 Å². The Kier molecular flexibility index (Phi) is 5.62. The predicted molar refractivity (Wildman–Crippen MR) is 109 cm³/mol. The van der Waals surface area contributed by atoms with Crippen molar-refractivity contribution in [2.24, 2.45) is 5.73 Å². The van der Waals surface area contributed by atoms with Crippen LogP contribution in [0, 0.1) is 11.6 Å². The molecule has 4 rings (SSSR count). The third-order valence-electron chi connectivity index (χ3n) is 5.69. The van der Waals surface area contributed by atoms with Crippen molar-refractivity contribution in [1.29, 1.82) is 0 Å². The third-order valence-corrected chi connectivity index (χ3v) is 5.69. The summed E-state index contributed by atoms with van der Waals surface area (Å²) in [4.78, 5) is 0. The maximum Gasteiger partial charge on any atom is 0.131 e. The van der Waals surface area contributed by atoms with Crippen LogP contribution in [0.1, 0.15) is 42.0 Å². The van der Waals surface area contributed by atoms with Crippen LogP contribution in [-0.2, 0) is 13.0 Å². The van der Waals surface area contributed by atoms with Crippen molar-refractivity contribution in [2.45, 2.75) is 38.1 Å². The van der Waals surface area contributed by atoms with Crippen LogP contribution in [0.15, 0.2) is 42.5 Å². The molecule has 0 bridgehead atoms. The van der Waals surface area contributed by atoms with Gasteiger partial charge in [-0.15, -0.1) is 0 Å². The Hall–Kier alpha value is -2.73. The Labute approximate surface area is 169 Å². The van der Waals surface area contributed by atoms with E-state index in [9.17, 15) is 8.78 Å². The minimum absolute atomic E-state index is 0.278. The molecule has 4 nitrogen and oxygen atoms in total. The summed E-state index contributed by atoms with van der Waals surface area (Å²) in [5.74, 6) is 0.00634. The number of halogens is 2. The molecule has 152 valence electrons. The largest absolute Gasteiger partial charge is 0.497 e. The average Bonchev–Trinajstić information content (AvgIpc) is 3.10. The highest BCUT2D eigenvalue weighted by Gasteiger charge is 2.29. The number of hydrogen-bond acceptors (Lipinski definition) is 3. The summed E-state index contributed by atoms with van der Waals surface area (Å²) < 4.78 is 34.7. The first kappa shape index (κ1) is 19.6. The average molecular weight is 397 g/mol. The standard InChI is InChI=1S/C23H25F2N3O/c1-29-19-9-6-16(7-10-19)23-22-15(11-12-26)3-2-4-21(22)28(27-23)14-17-5-8-18(24)13-20(17)25/h5-10,13,15H,2-4,11-12,14,26H2,1H3. The Balaban J connectivity index is 1.79. The first-order valence-electron chi connectivity index (χ1n) is 9.98. The number of fused-ring (bicyclic) bond motifs is 1. The van der Waals surface area contributed by atoms with Gasteiger partial charge in [-0.25, -0.2) is 8.78 Å². The Morgan fingerprint density at radius 2 is 1.97 bits per heavy atom. The molecule has 0 aliphatic heterocycles. The highest BCUT2D eigenvalue weighted by atomic mass is 19.1. The van der Waals surface area contributed by atoms with Crippen molar-refractivity contribution < 1.29 is 13.5 Å². The zero-order valence-corrected chi connectivity index (χ0v) is 16.5. The number of benzene rings is 2. The van der Waals surface area contributed by atoms with Crippen LogP contribution in [0.4, 0.5) is 8.78 Å². The lowest BCUT2D eigenvalue weighted by molar-refractivity contribution is 0.415. The van der Waals surface area contributed by atoms with Gasteiger partial charge in [-0.3, -0.25) is 4.68 Å². The van der Waals surface area contributed by atoms with E-state index >= 15 is 0 Å². The zero-order chi connectivity index (χ0) is 20.4. The van der Waals surface area contributed by atoms with Crippen LogP contribution in [0.2, 0.25) is 0 Å². The lowest BCUT2D eigenvalue weighted by atomic mass is 9.82. The van der Waals surface area contributed by atoms with Gasteiger partial charge in [0.1, 0.15) is 17.4 Å². The van der Waals surface area contributed by atoms with Crippen LogP contribution in [-0.4, -0.2) is 23.4 Å². The lowest BCUT2D eigenvalue weighted by Gasteiger charge is -2.24. The summed E-state index contributed by atoms with van der Waals surface area (Å²) in [6, 6.07) is 11.5. The van der Waals surface area contributed by atoms with Crippen LogP contribution in [0.3, 0.4) is 0 Å². The molecular formula is C23H25F2N3O. The fraction of sp³-hybridized carbons (Fsp3) is 0.348. The van der Waals surface area contributed by atoms with Crippen molar-refractivity contribution in [3.8, 4) is 17.0 Å². The normalized spacial score (nSPS) is 15.9. The van der Waals surface area contributed by atoms with E-state index in [-0.39, 0.29) is 6.54 Å². The first-order valence-corrected chi connectivity index (χ1v) is 9.98. The van der Waals surface area contributed by atoms with E-state index in [0.717, 1.165) is 54.5 Å². The number of nitrogens with zero attached hydrogens (tertiary/aromatic N) is 2. The molecule has 3 aromatic rings. The molecule has 2 aromatic carbocycles. The highest BCUT2D eigenvalue weighted by Crippen LogP contribution is 2.40. The molecule has 0 saturated carbocycles. The van der Waals surface area contributed by atoms with Crippen LogP contribution in [0.25, 0.3) is 11.3 Å². The van der Waals surface area contributed by atoms with E-state index in [1.807, 2.05) is 28.9 Å². The third kappa shape index (κ3) is 3.90. The quantitative estimate of drug-likeness (QED) is 0.659. The molecule has 0 spiro atoms. The molecular weight excluding hydrogens is 372 g/mol. The second-order valence-electron chi connectivity index (χ2n) is 7.50. The van der Waals surface area contributed by atoms with Gasteiger partial charge >= 0.3 is 0 Å². The van der Waals surface area contributed by atoms with Crippen LogP contribution < -0.4 is 10.5 Å². The van der Waals surface area contributed by atoms with E-state index in [1.54, 1.807) is 7.11 Å². The molecule has 1 aliphatic rings. The second-order valence-corrected chi connectivity index (χ2v) is 7.50. The molecule has 1 atom stereocenters. The minimum atomic E-state index is -0.573. The van der Waals surface area contributed by atoms with Crippen molar-refractivity contribution in [3.63, 3.8) is 0 Å². The summed E-state index contributed by atoms with van der Waals surface area (Å²) in [6.07, 6.45) is 3.91. The number of rotatable bonds is 6. The van der Waals surface area contributed by atoms with Gasteiger partial charge < -0.3 is 10.5 Å². The summed E-state index contributed by atoms with van der Waals surface area (Å²) in [7, 11) is 1.64. The minimum Gasteiger partial charge on any atom is -0.497 e. The number of ether oxygens (including phenoxy) is 1. The van der Waals surface area contributed by atoms with Gasteiger partial charge in [-0.2, -0.15) is 5.10 Å². The SMILES string of the molecule is COc1ccc(-c2nn(Cc3ccc(F)cc3F)c3c2C(CCN)CCC3)cc1. The predicted octanol–water partition coefficient (Wildman–Crippen LogP) is 4.65. The highest BCUT2D eigenvalue weighted by molar-refractivity contribution is 5.66. The monoisotopic (exact) mass is 397 g/mol. The molecule has 1 aliphatic carbocycles. The maximum absolute atomic E-state index is 14.3. The van der Waals surface area contributed by atoms with Gasteiger partial charge in [0.15, 0.2) is 0 Å². The number of hydrogen-bond donors (Lipinski definition) is 1. The number of methoxy groups -OCH3 is 1. The molecule has 0 radical (unpaired) electrons. The Bertz CT molecular complexity index is 998. The van der Waals surface area contributed by atoms with Crippen LogP contribution in [0.5, 0.6) is 5.75 Å². The van der Waals surface area contributed by atoms with E-state index < -0.39 is 11.6 Å². The van der Waals surface area contributed by atoms with Crippen molar-refractivity contribution in [2.75, 3.05) is 13.7 Å². The maximum atomic E-state index is 14.3. The second kappa shape index (κ2) is 8.33. The fourth-order valence-corrected chi connectivity index (χ4v) is 4.26. The zero-order valence-electron chi connectivity index (χ0n) is 16.5. The molecule has 1 heterocycles. The number of nitrogens with two attached hydrogens (primary N) is 1. The summed E-state index contributed by atoms with van der Waals surface area (Å²) >= 11 is 0. The van der Waals surface area contributed by atoms with Crippen molar-refractivity contribution in [1.82, 2.24) is 9.78 Å². The van der Waals surface area contributed by atoms with Gasteiger partial charge in [0.25, 0.3) is 0 Å². The van der Waals surface area contributed by atoms with E-state index in [1.165, 1.54) is 17.7 Å². The van der Waals surface area contributed by atoms with Gasteiger partial charge in [-0.1, -0.05) is 6.07 Å². The summed E-state index contributed by atoms with van der Waals surface area (Å²) in [6.45, 7) is 0.893. The smallest absolute Gasteiger partial charge is 0.131 e. The van der Waals surface area contributed by atoms with Gasteiger partial charge in [0, 0.05) is 28.5 Å². The molecule has 1 aromatic heterocycles. The van der Waals surface area contributed by atoms with Crippen molar-refractivity contribution in [3.05, 3.63) is 70.9 Å². The summed E-state index contributed by atoms with van der Waals surface area (Å²) in [5.41, 5.74) is 10.6. The molecule has 6 heteroatoms. The van der Waals surface area contributed by atoms with Crippen LogP contribution >= 0.6 is 0 Å². The first-order chi connectivity index (χ1) is 14.1. The van der Waals surface area contributed by atoms with Gasteiger partial charge in [-0.05, 0) is 68.5 Å². The molecule has 0 amide bonds. The lowest BCUT2D eigenvalue weighted by Crippen LogP contribution is -2.16. The van der Waals surface area contributed by atoms with Gasteiger partial charge in [0.2, 0.25) is 0 Å². The van der Waals surface area contributed by atoms with Crippen molar-refractivity contribution >= 4 is 0 Å². The molecule has 29 heavy (non-hydrogen) atoms.